The molecule has 3 aromatic heterocycles. The Bertz CT molecular complexity index is 960. The van der Waals surface area contributed by atoms with Gasteiger partial charge in [-0.1, -0.05) is 0 Å². The second-order valence-electron chi connectivity index (χ2n) is 7.82. The summed E-state index contributed by atoms with van der Waals surface area (Å²) < 4.78 is 5.30. The number of H-pyrrole nitrogens is 1. The maximum Gasteiger partial charge on any atom is 0.291 e. The van der Waals surface area contributed by atoms with Gasteiger partial charge in [-0.25, -0.2) is 4.98 Å². The maximum absolute atomic E-state index is 12.7. The second-order valence-corrected chi connectivity index (χ2v) is 9.05. The number of hydrogen-bond acceptors (Lipinski definition) is 3. The monoisotopic (exact) mass is 413 g/mol. The van der Waals surface area contributed by atoms with Crippen LogP contribution in [0.15, 0.2) is 47.2 Å². The number of aromatic amines is 1. The molecule has 29 heavy (non-hydrogen) atoms. The average molecular weight is 414 g/mol. The number of thiophene rings is 1. The molecule has 0 spiro atoms. The maximum atomic E-state index is 12.7. The van der Waals surface area contributed by atoms with E-state index in [9.17, 15) is 4.79 Å². The number of pyridine rings is 1. The number of carbonyl (C=O) groups is 1. The molecule has 4 rings (SSSR count). The molecule has 7 heteroatoms. The van der Waals surface area contributed by atoms with Crippen molar-refractivity contribution in [3.05, 3.63) is 70.3 Å². The summed E-state index contributed by atoms with van der Waals surface area (Å²) in [5.41, 5.74) is 3.65. The first-order chi connectivity index (χ1) is 14.0. The normalized spacial score (nSPS) is 20.4. The molecular weight excluding hydrogens is 384 g/mol. The summed E-state index contributed by atoms with van der Waals surface area (Å²) in [5.74, 6) is 0.129. The molecule has 3 aromatic rings. The molecule has 1 unspecified atom stereocenters. The highest BCUT2D eigenvalue weighted by molar-refractivity contribution is 7.16. The van der Waals surface area contributed by atoms with Gasteiger partial charge >= 0.3 is 0 Å². The zero-order valence-electron chi connectivity index (χ0n) is 17.2. The van der Waals surface area contributed by atoms with E-state index in [1.54, 1.807) is 28.4 Å². The van der Waals surface area contributed by atoms with Crippen molar-refractivity contribution in [2.24, 2.45) is 0 Å². The standard InChI is InChI=1S/C22H26N4O2S/c1-15-16(2)29-22(24-21(27)18-8-6-14-28-18)19(15)20(17-7-4-5-9-23-17)26-12-10-25(3)11-13-26/h4-9,14,20H,10-13H2,1-3H3,(H,24,27)/p+3. The number of aryl methyl sites for hydroxylation is 1. The molecule has 0 bridgehead atoms. The van der Waals surface area contributed by atoms with E-state index in [1.807, 2.05) is 12.3 Å². The van der Waals surface area contributed by atoms with Gasteiger partial charge in [0.05, 0.1) is 18.9 Å². The van der Waals surface area contributed by atoms with E-state index in [1.165, 1.54) is 32.9 Å². The Balaban J connectivity index is 1.75. The van der Waals surface area contributed by atoms with Gasteiger partial charge in [0, 0.05) is 17.0 Å². The van der Waals surface area contributed by atoms with Gasteiger partial charge in [0.25, 0.3) is 5.91 Å². The number of anilines is 1. The van der Waals surface area contributed by atoms with Crippen LogP contribution in [0.2, 0.25) is 0 Å². The average Bonchev–Trinajstić information content (AvgIpc) is 3.35. The van der Waals surface area contributed by atoms with Gasteiger partial charge in [-0.3, -0.25) is 4.79 Å². The van der Waals surface area contributed by atoms with Crippen LogP contribution in [0.3, 0.4) is 0 Å². The topological polar surface area (TPSA) is 65.3 Å². The summed E-state index contributed by atoms with van der Waals surface area (Å²) in [7, 11) is 2.26. The second kappa shape index (κ2) is 8.49. The minimum absolute atomic E-state index is 0.154. The van der Waals surface area contributed by atoms with E-state index in [2.05, 4.69) is 43.3 Å². The van der Waals surface area contributed by atoms with Crippen LogP contribution >= 0.6 is 11.3 Å². The molecule has 1 aliphatic rings. The molecule has 0 saturated carbocycles. The molecule has 4 N–H and O–H groups in total. The summed E-state index contributed by atoms with van der Waals surface area (Å²) in [5, 5.41) is 4.05. The van der Waals surface area contributed by atoms with Gasteiger partial charge in [0.1, 0.15) is 31.2 Å². The third-order valence-electron chi connectivity index (χ3n) is 5.89. The van der Waals surface area contributed by atoms with Crippen molar-refractivity contribution in [1.29, 1.82) is 0 Å². The smallest absolute Gasteiger partial charge is 0.291 e. The first-order valence-corrected chi connectivity index (χ1v) is 10.9. The predicted molar refractivity (Wildman–Crippen MR) is 113 cm³/mol. The number of likely N-dealkylation sites (N-methyl/N-ethyl adjacent to an activating group) is 1. The molecule has 1 fully saturated rings. The molecule has 152 valence electrons. The zero-order chi connectivity index (χ0) is 20.4. The van der Waals surface area contributed by atoms with Crippen LogP contribution in [0, 0.1) is 13.8 Å². The Hall–Kier alpha value is -2.48. The molecule has 1 amide bonds. The largest absolute Gasteiger partial charge is 0.459 e. The first-order valence-electron chi connectivity index (χ1n) is 10.1. The highest BCUT2D eigenvalue weighted by atomic mass is 32.1. The predicted octanol–water partition coefficient (Wildman–Crippen LogP) is 0.527. The summed E-state index contributed by atoms with van der Waals surface area (Å²) >= 11 is 1.65. The van der Waals surface area contributed by atoms with Crippen molar-refractivity contribution >= 4 is 22.2 Å². The van der Waals surface area contributed by atoms with Crippen molar-refractivity contribution in [3.63, 3.8) is 0 Å². The van der Waals surface area contributed by atoms with Crippen LogP contribution in [0.1, 0.15) is 38.3 Å². The molecule has 1 saturated heterocycles. The molecule has 1 atom stereocenters. The van der Waals surface area contributed by atoms with Gasteiger partial charge < -0.3 is 19.5 Å². The first kappa shape index (κ1) is 19.8. The zero-order valence-corrected chi connectivity index (χ0v) is 18.0. The van der Waals surface area contributed by atoms with Crippen molar-refractivity contribution in [2.45, 2.75) is 19.9 Å². The highest BCUT2D eigenvalue weighted by Crippen LogP contribution is 2.37. The van der Waals surface area contributed by atoms with E-state index in [0.29, 0.717) is 5.76 Å². The van der Waals surface area contributed by atoms with Crippen molar-refractivity contribution in [3.8, 4) is 0 Å². The summed E-state index contributed by atoms with van der Waals surface area (Å²) in [6.45, 7) is 8.78. The number of furan rings is 1. The van der Waals surface area contributed by atoms with E-state index in [0.717, 1.165) is 31.2 Å². The highest BCUT2D eigenvalue weighted by Gasteiger charge is 2.38. The Kier molecular flexibility index (Phi) is 5.80. The Morgan fingerprint density at radius 1 is 1.17 bits per heavy atom. The molecule has 1 aliphatic heterocycles. The summed E-state index contributed by atoms with van der Waals surface area (Å²) in [4.78, 5) is 20.5. The lowest BCUT2D eigenvalue weighted by Gasteiger charge is -2.32. The fourth-order valence-electron chi connectivity index (χ4n) is 4.11. The van der Waals surface area contributed by atoms with E-state index in [4.69, 9.17) is 4.42 Å². The molecule has 6 nitrogen and oxygen atoms in total. The number of carbonyl (C=O) groups excluding carboxylic acids is 1. The number of piperazine rings is 1. The van der Waals surface area contributed by atoms with Gasteiger partial charge in [0.2, 0.25) is 11.7 Å². The van der Waals surface area contributed by atoms with Crippen molar-refractivity contribution < 1.29 is 24.0 Å². The van der Waals surface area contributed by atoms with Crippen molar-refractivity contribution in [1.82, 2.24) is 0 Å². The molecule has 0 aromatic carbocycles. The van der Waals surface area contributed by atoms with Crippen LogP contribution in [0.4, 0.5) is 5.00 Å². The molecule has 0 radical (unpaired) electrons. The van der Waals surface area contributed by atoms with E-state index < -0.39 is 0 Å². The third kappa shape index (κ3) is 4.12. The van der Waals surface area contributed by atoms with Crippen molar-refractivity contribution in [2.75, 3.05) is 38.5 Å². The summed E-state index contributed by atoms with van der Waals surface area (Å²) in [6.07, 6.45) is 3.51. The van der Waals surface area contributed by atoms with Gasteiger partial charge in [-0.2, -0.15) is 0 Å². The number of rotatable bonds is 5. The number of hydrogen-bond donors (Lipinski definition) is 3. The Labute approximate surface area is 175 Å². The lowest BCUT2D eigenvalue weighted by Crippen LogP contribution is -3.27. The molecule has 0 aliphatic carbocycles. The van der Waals surface area contributed by atoms with Crippen LogP contribution < -0.4 is 20.1 Å². The van der Waals surface area contributed by atoms with Gasteiger partial charge in [0.15, 0.2) is 12.0 Å². The Morgan fingerprint density at radius 3 is 2.62 bits per heavy atom. The molecular formula is C22H29N4O2S+3. The van der Waals surface area contributed by atoms with E-state index in [-0.39, 0.29) is 11.9 Å². The lowest BCUT2D eigenvalue weighted by atomic mass is 9.97. The number of quaternary nitrogens is 2. The summed E-state index contributed by atoms with van der Waals surface area (Å²) in [6, 6.07) is 9.83. The number of amides is 1. The fourth-order valence-corrected chi connectivity index (χ4v) is 5.20. The van der Waals surface area contributed by atoms with Crippen LogP contribution in [0.25, 0.3) is 0 Å². The van der Waals surface area contributed by atoms with Crippen LogP contribution in [-0.4, -0.2) is 39.1 Å². The van der Waals surface area contributed by atoms with Gasteiger partial charge in [-0.05, 0) is 37.6 Å². The van der Waals surface area contributed by atoms with Crippen LogP contribution in [-0.2, 0) is 0 Å². The number of nitrogens with one attached hydrogen (secondary N) is 4. The molecule has 4 heterocycles. The van der Waals surface area contributed by atoms with Crippen LogP contribution in [0.5, 0.6) is 0 Å². The third-order valence-corrected chi connectivity index (χ3v) is 7.03. The minimum Gasteiger partial charge on any atom is -0.459 e. The van der Waals surface area contributed by atoms with E-state index >= 15 is 0 Å². The minimum atomic E-state index is -0.203. The number of aromatic nitrogens is 1. The SMILES string of the molecule is Cc1sc(NC(=O)c2ccco2)c(C(c2cccc[nH+]2)[NH+]2CC[NH+](C)CC2)c1C. The Morgan fingerprint density at radius 2 is 1.97 bits per heavy atom. The lowest BCUT2D eigenvalue weighted by molar-refractivity contribution is -1.02. The quantitative estimate of drug-likeness (QED) is 0.571. The fraction of sp³-hybridized carbons (Fsp3) is 0.364. The van der Waals surface area contributed by atoms with Gasteiger partial charge in [-0.15, -0.1) is 11.3 Å².